The average Bonchev–Trinajstić information content (AvgIpc) is 2.54. The SMILES string of the molecule is COc1ccc(C2(CNS(=O)(=O)C(C)C)CCOCC2)cc1. The molecule has 0 unspecified atom stereocenters. The number of hydrogen-bond acceptors (Lipinski definition) is 4. The molecule has 1 saturated heterocycles. The number of benzene rings is 1. The number of sulfonamides is 1. The highest BCUT2D eigenvalue weighted by molar-refractivity contribution is 7.90. The van der Waals surface area contributed by atoms with E-state index in [0.29, 0.717) is 19.8 Å². The summed E-state index contributed by atoms with van der Waals surface area (Å²) >= 11 is 0. The fraction of sp³-hybridized carbons (Fsp3) is 0.625. The third kappa shape index (κ3) is 3.80. The number of nitrogens with one attached hydrogen (secondary N) is 1. The second-order valence-corrected chi connectivity index (χ2v) is 8.36. The highest BCUT2D eigenvalue weighted by Crippen LogP contribution is 2.35. The van der Waals surface area contributed by atoms with Crippen molar-refractivity contribution < 1.29 is 17.9 Å². The van der Waals surface area contributed by atoms with E-state index in [1.165, 1.54) is 0 Å². The topological polar surface area (TPSA) is 64.6 Å². The largest absolute Gasteiger partial charge is 0.497 e. The molecule has 0 saturated carbocycles. The van der Waals surface area contributed by atoms with Crippen molar-refractivity contribution in [2.45, 2.75) is 37.4 Å². The van der Waals surface area contributed by atoms with Crippen LogP contribution in [0.1, 0.15) is 32.3 Å². The molecule has 1 N–H and O–H groups in total. The maximum atomic E-state index is 12.1. The number of rotatable bonds is 6. The van der Waals surface area contributed by atoms with Crippen LogP contribution in [-0.4, -0.2) is 40.5 Å². The van der Waals surface area contributed by atoms with E-state index in [0.717, 1.165) is 24.2 Å². The summed E-state index contributed by atoms with van der Waals surface area (Å²) in [4.78, 5) is 0. The second kappa shape index (κ2) is 6.98. The Morgan fingerprint density at radius 1 is 1.23 bits per heavy atom. The fourth-order valence-electron chi connectivity index (χ4n) is 2.68. The first-order valence-corrected chi connectivity index (χ1v) is 9.15. The Balaban J connectivity index is 2.23. The molecule has 0 bridgehead atoms. The maximum absolute atomic E-state index is 12.1. The Hall–Kier alpha value is -1.11. The first-order chi connectivity index (χ1) is 10.4. The molecular weight excluding hydrogens is 302 g/mol. The van der Waals surface area contributed by atoms with E-state index >= 15 is 0 Å². The molecule has 1 aromatic rings. The van der Waals surface area contributed by atoms with Gasteiger partial charge in [0.05, 0.1) is 12.4 Å². The highest BCUT2D eigenvalue weighted by atomic mass is 32.2. The smallest absolute Gasteiger partial charge is 0.213 e. The molecule has 6 heteroatoms. The third-order valence-corrected chi connectivity index (χ3v) is 6.17. The zero-order valence-electron chi connectivity index (χ0n) is 13.5. The summed E-state index contributed by atoms with van der Waals surface area (Å²) in [5, 5.41) is -0.430. The summed E-state index contributed by atoms with van der Waals surface area (Å²) in [5.41, 5.74) is 0.912. The van der Waals surface area contributed by atoms with Crippen LogP contribution >= 0.6 is 0 Å². The van der Waals surface area contributed by atoms with Crippen LogP contribution in [0.3, 0.4) is 0 Å². The Kier molecular flexibility index (Phi) is 5.47. The van der Waals surface area contributed by atoms with Crippen LogP contribution in [0.25, 0.3) is 0 Å². The zero-order chi connectivity index (χ0) is 16.2. The van der Waals surface area contributed by atoms with E-state index in [1.807, 2.05) is 24.3 Å². The van der Waals surface area contributed by atoms with Crippen LogP contribution in [0.15, 0.2) is 24.3 Å². The van der Waals surface area contributed by atoms with Crippen molar-refractivity contribution in [1.82, 2.24) is 4.72 Å². The van der Waals surface area contributed by atoms with Crippen molar-refractivity contribution in [2.75, 3.05) is 26.9 Å². The fourth-order valence-corrected chi connectivity index (χ4v) is 3.49. The summed E-state index contributed by atoms with van der Waals surface area (Å²) in [6, 6.07) is 7.88. The molecule has 0 aromatic heterocycles. The molecule has 22 heavy (non-hydrogen) atoms. The molecule has 0 radical (unpaired) electrons. The monoisotopic (exact) mass is 327 g/mol. The van der Waals surface area contributed by atoms with E-state index in [-0.39, 0.29) is 5.41 Å². The second-order valence-electron chi connectivity index (χ2n) is 6.04. The van der Waals surface area contributed by atoms with Crippen LogP contribution in [0.5, 0.6) is 5.75 Å². The lowest BCUT2D eigenvalue weighted by atomic mass is 9.74. The number of hydrogen-bond donors (Lipinski definition) is 1. The van der Waals surface area contributed by atoms with E-state index in [4.69, 9.17) is 9.47 Å². The molecule has 5 nitrogen and oxygen atoms in total. The number of methoxy groups -OCH3 is 1. The molecule has 2 rings (SSSR count). The number of ether oxygens (including phenoxy) is 2. The van der Waals surface area contributed by atoms with Crippen LogP contribution in [-0.2, 0) is 20.2 Å². The van der Waals surface area contributed by atoms with Gasteiger partial charge in [0.25, 0.3) is 0 Å². The lowest BCUT2D eigenvalue weighted by Crippen LogP contribution is -2.46. The summed E-state index contributed by atoms with van der Waals surface area (Å²) in [6.45, 7) is 5.08. The lowest BCUT2D eigenvalue weighted by Gasteiger charge is -2.38. The molecule has 0 atom stereocenters. The lowest BCUT2D eigenvalue weighted by molar-refractivity contribution is 0.0517. The van der Waals surface area contributed by atoms with Crippen molar-refractivity contribution in [3.05, 3.63) is 29.8 Å². The van der Waals surface area contributed by atoms with Crippen molar-refractivity contribution in [3.8, 4) is 5.75 Å². The highest BCUT2D eigenvalue weighted by Gasteiger charge is 2.36. The maximum Gasteiger partial charge on any atom is 0.213 e. The Labute approximate surface area is 133 Å². The summed E-state index contributed by atoms with van der Waals surface area (Å²) < 4.78 is 37.6. The van der Waals surface area contributed by atoms with Gasteiger partial charge in [-0.25, -0.2) is 13.1 Å². The first kappa shape index (κ1) is 17.2. The van der Waals surface area contributed by atoms with Crippen LogP contribution in [0.4, 0.5) is 0 Å². The third-order valence-electron chi connectivity index (χ3n) is 4.38. The molecule has 1 aromatic carbocycles. The molecule has 0 amide bonds. The van der Waals surface area contributed by atoms with Gasteiger partial charge in [0, 0.05) is 25.2 Å². The van der Waals surface area contributed by atoms with E-state index < -0.39 is 15.3 Å². The van der Waals surface area contributed by atoms with E-state index in [1.54, 1.807) is 21.0 Å². The van der Waals surface area contributed by atoms with Gasteiger partial charge in [-0.2, -0.15) is 0 Å². The van der Waals surface area contributed by atoms with E-state index in [2.05, 4.69) is 4.72 Å². The molecule has 1 aliphatic rings. The average molecular weight is 327 g/mol. The van der Waals surface area contributed by atoms with Gasteiger partial charge in [-0.1, -0.05) is 12.1 Å². The molecule has 0 spiro atoms. The zero-order valence-corrected chi connectivity index (χ0v) is 14.3. The summed E-state index contributed by atoms with van der Waals surface area (Å²) in [7, 11) is -1.64. The van der Waals surface area contributed by atoms with Crippen molar-refractivity contribution in [3.63, 3.8) is 0 Å². The van der Waals surface area contributed by atoms with Crippen LogP contribution in [0, 0.1) is 0 Å². The minimum atomic E-state index is -3.27. The van der Waals surface area contributed by atoms with Gasteiger partial charge in [0.15, 0.2) is 0 Å². The summed E-state index contributed by atoms with van der Waals surface area (Å²) in [5.74, 6) is 0.800. The molecule has 1 heterocycles. The van der Waals surface area contributed by atoms with Crippen LogP contribution in [0.2, 0.25) is 0 Å². The predicted molar refractivity (Wildman–Crippen MR) is 86.8 cm³/mol. The minimum Gasteiger partial charge on any atom is -0.497 e. The van der Waals surface area contributed by atoms with Crippen LogP contribution < -0.4 is 9.46 Å². The van der Waals surface area contributed by atoms with Gasteiger partial charge in [-0.15, -0.1) is 0 Å². The van der Waals surface area contributed by atoms with E-state index in [9.17, 15) is 8.42 Å². The molecular formula is C16H25NO4S. The van der Waals surface area contributed by atoms with Crippen molar-refractivity contribution >= 4 is 10.0 Å². The van der Waals surface area contributed by atoms with Gasteiger partial charge in [-0.3, -0.25) is 0 Å². The molecule has 1 aliphatic heterocycles. The summed E-state index contributed by atoms with van der Waals surface area (Å²) in [6.07, 6.45) is 1.61. The van der Waals surface area contributed by atoms with Gasteiger partial charge >= 0.3 is 0 Å². The molecule has 0 aliphatic carbocycles. The predicted octanol–water partition coefficient (Wildman–Crippen LogP) is 2.07. The first-order valence-electron chi connectivity index (χ1n) is 7.60. The van der Waals surface area contributed by atoms with Crippen molar-refractivity contribution in [2.24, 2.45) is 0 Å². The van der Waals surface area contributed by atoms with Gasteiger partial charge < -0.3 is 9.47 Å². The molecule has 124 valence electrons. The minimum absolute atomic E-state index is 0.216. The standard InChI is InChI=1S/C16H25NO4S/c1-13(2)22(18,19)17-12-16(8-10-21-11-9-16)14-4-6-15(20-3)7-5-14/h4-7,13,17H,8-12H2,1-3H3. The normalized spacial score (nSPS) is 18.4. The Morgan fingerprint density at radius 3 is 2.32 bits per heavy atom. The van der Waals surface area contributed by atoms with Gasteiger partial charge in [0.1, 0.15) is 5.75 Å². The van der Waals surface area contributed by atoms with Gasteiger partial charge in [0.2, 0.25) is 10.0 Å². The Bertz CT molecular complexity index is 575. The quantitative estimate of drug-likeness (QED) is 0.869. The Morgan fingerprint density at radius 2 is 1.82 bits per heavy atom. The van der Waals surface area contributed by atoms with Gasteiger partial charge in [-0.05, 0) is 44.4 Å². The molecule has 1 fully saturated rings. The van der Waals surface area contributed by atoms with Crippen molar-refractivity contribution in [1.29, 1.82) is 0 Å².